The van der Waals surface area contributed by atoms with Crippen molar-refractivity contribution < 1.29 is 4.74 Å². The zero-order valence-corrected chi connectivity index (χ0v) is 13.0. The van der Waals surface area contributed by atoms with Crippen LogP contribution in [0.2, 0.25) is 0 Å². The lowest BCUT2D eigenvalue weighted by Gasteiger charge is -2.25. The van der Waals surface area contributed by atoms with Crippen LogP contribution in [0.25, 0.3) is 0 Å². The second-order valence-corrected chi connectivity index (χ2v) is 6.24. The van der Waals surface area contributed by atoms with E-state index < -0.39 is 0 Å². The molecule has 1 heterocycles. The second kappa shape index (κ2) is 5.19. The summed E-state index contributed by atoms with van der Waals surface area (Å²) >= 11 is 0. The van der Waals surface area contributed by atoms with E-state index in [4.69, 9.17) is 10.5 Å². The van der Waals surface area contributed by atoms with Gasteiger partial charge >= 0.3 is 0 Å². The maximum absolute atomic E-state index is 6.71. The number of benzene rings is 1. The summed E-state index contributed by atoms with van der Waals surface area (Å²) in [7, 11) is 1.69. The van der Waals surface area contributed by atoms with Gasteiger partial charge in [0.25, 0.3) is 0 Å². The van der Waals surface area contributed by atoms with Crippen molar-refractivity contribution in [1.29, 1.82) is 0 Å². The fraction of sp³-hybridized carbons (Fsp3) is 0.471. The minimum absolute atomic E-state index is 0.333. The van der Waals surface area contributed by atoms with Crippen LogP contribution in [-0.2, 0) is 18.4 Å². The first-order valence-electron chi connectivity index (χ1n) is 7.52. The molecule has 112 valence electrons. The highest BCUT2D eigenvalue weighted by atomic mass is 16.5. The summed E-state index contributed by atoms with van der Waals surface area (Å²) in [5.41, 5.74) is 9.97. The summed E-state index contributed by atoms with van der Waals surface area (Å²) < 4.78 is 7.33. The first kappa shape index (κ1) is 14.1. The van der Waals surface area contributed by atoms with E-state index >= 15 is 0 Å². The Bertz CT molecular complexity index is 647. The van der Waals surface area contributed by atoms with Crippen LogP contribution in [0.1, 0.15) is 43.1 Å². The van der Waals surface area contributed by atoms with E-state index in [0.29, 0.717) is 6.04 Å². The summed E-state index contributed by atoms with van der Waals surface area (Å²) in [6, 6.07) is 8.69. The molecule has 2 aromatic rings. The molecule has 1 atom stereocenters. The molecule has 0 saturated carbocycles. The van der Waals surface area contributed by atoms with Crippen molar-refractivity contribution in [1.82, 2.24) is 9.78 Å². The molecular formula is C17H23N3O. The van der Waals surface area contributed by atoms with Crippen molar-refractivity contribution in [3.8, 4) is 5.75 Å². The number of aryl methyl sites for hydroxylation is 1. The Balaban J connectivity index is 1.89. The highest BCUT2D eigenvalue weighted by Gasteiger charge is 2.36. The number of nitrogens with two attached hydrogens (primary N) is 1. The Morgan fingerprint density at radius 3 is 2.86 bits per heavy atom. The van der Waals surface area contributed by atoms with Gasteiger partial charge in [0, 0.05) is 24.2 Å². The zero-order chi connectivity index (χ0) is 15.0. The van der Waals surface area contributed by atoms with Gasteiger partial charge in [-0.2, -0.15) is 5.10 Å². The molecule has 0 radical (unpaired) electrons. The van der Waals surface area contributed by atoms with Crippen LogP contribution in [0.15, 0.2) is 30.5 Å². The van der Waals surface area contributed by atoms with Crippen molar-refractivity contribution in [3.63, 3.8) is 0 Å². The largest absolute Gasteiger partial charge is 0.497 e. The van der Waals surface area contributed by atoms with E-state index in [9.17, 15) is 0 Å². The quantitative estimate of drug-likeness (QED) is 0.939. The van der Waals surface area contributed by atoms with Gasteiger partial charge in [-0.3, -0.25) is 4.68 Å². The molecule has 3 rings (SSSR count). The van der Waals surface area contributed by atoms with Crippen LogP contribution in [0.3, 0.4) is 0 Å². The fourth-order valence-corrected chi connectivity index (χ4v) is 3.12. The minimum atomic E-state index is -0.333. The van der Waals surface area contributed by atoms with Crippen LogP contribution in [0, 0.1) is 0 Å². The molecule has 1 aromatic heterocycles. The number of methoxy groups -OCH3 is 1. The first-order chi connectivity index (χ1) is 10.0. The molecular weight excluding hydrogens is 262 g/mol. The summed E-state index contributed by atoms with van der Waals surface area (Å²) in [6.07, 6.45) is 4.79. The van der Waals surface area contributed by atoms with Crippen molar-refractivity contribution in [2.75, 3.05) is 7.11 Å². The van der Waals surface area contributed by atoms with Crippen LogP contribution >= 0.6 is 0 Å². The van der Waals surface area contributed by atoms with Gasteiger partial charge in [0.05, 0.1) is 12.8 Å². The summed E-state index contributed by atoms with van der Waals surface area (Å²) in [5, 5.41) is 4.64. The molecule has 1 aliphatic rings. The third kappa shape index (κ3) is 2.56. The lowest BCUT2D eigenvalue weighted by Crippen LogP contribution is -2.36. The number of aromatic nitrogens is 2. The average Bonchev–Trinajstić information content (AvgIpc) is 3.05. The number of nitrogens with zero attached hydrogens (tertiary/aromatic N) is 2. The average molecular weight is 285 g/mol. The molecule has 0 amide bonds. The van der Waals surface area contributed by atoms with Crippen molar-refractivity contribution in [2.45, 2.75) is 44.7 Å². The van der Waals surface area contributed by atoms with E-state index in [-0.39, 0.29) is 5.54 Å². The Morgan fingerprint density at radius 2 is 2.19 bits per heavy atom. The van der Waals surface area contributed by atoms with E-state index in [1.54, 1.807) is 7.11 Å². The van der Waals surface area contributed by atoms with Gasteiger partial charge in [0.1, 0.15) is 5.75 Å². The zero-order valence-electron chi connectivity index (χ0n) is 13.0. The molecule has 1 unspecified atom stereocenters. The second-order valence-electron chi connectivity index (χ2n) is 6.24. The molecule has 2 N–H and O–H groups in total. The Morgan fingerprint density at radius 1 is 1.38 bits per heavy atom. The van der Waals surface area contributed by atoms with Gasteiger partial charge in [0.2, 0.25) is 0 Å². The molecule has 0 spiro atoms. The van der Waals surface area contributed by atoms with E-state index in [1.165, 1.54) is 11.1 Å². The van der Waals surface area contributed by atoms with Gasteiger partial charge in [0.15, 0.2) is 0 Å². The topological polar surface area (TPSA) is 53.1 Å². The Labute approximate surface area is 125 Å². The fourth-order valence-electron chi connectivity index (χ4n) is 3.12. The molecule has 4 heteroatoms. The molecule has 0 bridgehead atoms. The van der Waals surface area contributed by atoms with E-state index in [1.807, 2.05) is 16.9 Å². The van der Waals surface area contributed by atoms with Crippen LogP contribution in [0.4, 0.5) is 0 Å². The third-order valence-corrected chi connectivity index (χ3v) is 4.38. The standard InChI is InChI=1S/C17H23N3O/c1-12(2)20-9-7-14(19-20)11-17(18)8-6-13-4-5-15(21-3)10-16(13)17/h4-5,7,9-10,12H,6,8,11,18H2,1-3H3. The van der Waals surface area contributed by atoms with Gasteiger partial charge in [-0.05, 0) is 56.0 Å². The Hall–Kier alpha value is -1.81. The monoisotopic (exact) mass is 285 g/mol. The highest BCUT2D eigenvalue weighted by Crippen LogP contribution is 2.39. The number of ether oxygens (including phenoxy) is 1. The van der Waals surface area contributed by atoms with Crippen LogP contribution < -0.4 is 10.5 Å². The number of fused-ring (bicyclic) bond motifs is 1. The summed E-state index contributed by atoms with van der Waals surface area (Å²) in [4.78, 5) is 0. The maximum atomic E-state index is 6.71. The third-order valence-electron chi connectivity index (χ3n) is 4.38. The van der Waals surface area contributed by atoms with Crippen molar-refractivity contribution in [2.24, 2.45) is 5.73 Å². The normalized spacial score (nSPS) is 20.8. The van der Waals surface area contributed by atoms with Gasteiger partial charge in [-0.15, -0.1) is 0 Å². The molecule has 1 aromatic carbocycles. The van der Waals surface area contributed by atoms with Crippen molar-refractivity contribution in [3.05, 3.63) is 47.3 Å². The number of hydrogen-bond acceptors (Lipinski definition) is 3. The number of rotatable bonds is 4. The first-order valence-corrected chi connectivity index (χ1v) is 7.52. The predicted molar refractivity (Wildman–Crippen MR) is 83.5 cm³/mol. The minimum Gasteiger partial charge on any atom is -0.497 e. The lowest BCUT2D eigenvalue weighted by molar-refractivity contribution is 0.405. The Kier molecular flexibility index (Phi) is 3.49. The molecule has 4 nitrogen and oxygen atoms in total. The molecule has 0 aliphatic heterocycles. The van der Waals surface area contributed by atoms with Gasteiger partial charge in [-0.1, -0.05) is 6.07 Å². The van der Waals surface area contributed by atoms with Gasteiger partial charge < -0.3 is 10.5 Å². The van der Waals surface area contributed by atoms with Crippen molar-refractivity contribution >= 4 is 0 Å². The highest BCUT2D eigenvalue weighted by molar-refractivity contribution is 5.44. The predicted octanol–water partition coefficient (Wildman–Crippen LogP) is 2.82. The van der Waals surface area contributed by atoms with Gasteiger partial charge in [-0.25, -0.2) is 0 Å². The summed E-state index contributed by atoms with van der Waals surface area (Å²) in [5.74, 6) is 0.873. The van der Waals surface area contributed by atoms with Crippen LogP contribution in [0.5, 0.6) is 5.75 Å². The maximum Gasteiger partial charge on any atom is 0.119 e. The smallest absolute Gasteiger partial charge is 0.119 e. The van der Waals surface area contributed by atoms with E-state index in [2.05, 4.69) is 37.1 Å². The van der Waals surface area contributed by atoms with E-state index in [0.717, 1.165) is 30.7 Å². The molecule has 0 saturated heterocycles. The van der Waals surface area contributed by atoms with Crippen LogP contribution in [-0.4, -0.2) is 16.9 Å². The molecule has 1 aliphatic carbocycles. The molecule has 21 heavy (non-hydrogen) atoms. The summed E-state index contributed by atoms with van der Waals surface area (Å²) in [6.45, 7) is 4.26. The lowest BCUT2D eigenvalue weighted by atomic mass is 9.88. The number of hydrogen-bond donors (Lipinski definition) is 1. The molecule has 0 fully saturated rings. The SMILES string of the molecule is COc1ccc2c(c1)C(N)(Cc1ccn(C(C)C)n1)CC2.